The fraction of sp³-hybridized carbons (Fsp3) is 0.389. The van der Waals surface area contributed by atoms with Gasteiger partial charge in [-0.1, -0.05) is 64.8 Å². The first-order chi connectivity index (χ1) is 21.7. The van der Waals surface area contributed by atoms with Gasteiger partial charge in [0.05, 0.1) is 30.3 Å². The number of benzene rings is 2. The van der Waals surface area contributed by atoms with Crippen LogP contribution in [0.4, 0.5) is 0 Å². The van der Waals surface area contributed by atoms with E-state index in [0.717, 1.165) is 28.8 Å². The Bertz CT molecular complexity index is 1520. The van der Waals surface area contributed by atoms with Gasteiger partial charge in [0, 0.05) is 42.8 Å². The van der Waals surface area contributed by atoms with Crippen molar-refractivity contribution in [2.24, 2.45) is 16.8 Å². The molecule has 1 aliphatic rings. The first-order valence-electron chi connectivity index (χ1n) is 15.8. The fourth-order valence-corrected chi connectivity index (χ4v) is 5.34. The lowest BCUT2D eigenvalue weighted by Gasteiger charge is -2.24. The number of aromatic amines is 1. The van der Waals surface area contributed by atoms with Crippen molar-refractivity contribution in [3.63, 3.8) is 0 Å². The zero-order valence-electron chi connectivity index (χ0n) is 26.5. The molecule has 3 aromatic rings. The molecule has 1 aromatic heterocycles. The molecular formula is C36H43N5O4. The number of nitrogens with one attached hydrogen (secondary N) is 3. The molecule has 0 aliphatic carbocycles. The van der Waals surface area contributed by atoms with Gasteiger partial charge in [-0.05, 0) is 59.2 Å². The van der Waals surface area contributed by atoms with Gasteiger partial charge in [0.15, 0.2) is 11.6 Å². The van der Waals surface area contributed by atoms with E-state index >= 15 is 0 Å². The summed E-state index contributed by atoms with van der Waals surface area (Å²) in [4.78, 5) is 64.0. The van der Waals surface area contributed by atoms with E-state index in [1.165, 1.54) is 0 Å². The van der Waals surface area contributed by atoms with Crippen LogP contribution in [-0.4, -0.2) is 51.6 Å². The minimum absolute atomic E-state index is 0.0657. The monoisotopic (exact) mass is 609 g/mol. The van der Waals surface area contributed by atoms with Crippen molar-refractivity contribution >= 4 is 35.2 Å². The number of rotatable bonds is 16. The molecule has 2 heterocycles. The number of carbonyl (C=O) groups excluding carboxylic acids is 4. The Hall–Kier alpha value is -4.66. The molecule has 9 heteroatoms. The number of imidazole rings is 1. The predicted octanol–water partition coefficient (Wildman–Crippen LogP) is 6.19. The number of hydrogen-bond acceptors (Lipinski definition) is 6. The summed E-state index contributed by atoms with van der Waals surface area (Å²) in [6, 6.07) is 13.1. The van der Waals surface area contributed by atoms with Crippen molar-refractivity contribution in [1.29, 1.82) is 0 Å². The van der Waals surface area contributed by atoms with E-state index in [-0.39, 0.29) is 48.1 Å². The molecule has 45 heavy (non-hydrogen) atoms. The van der Waals surface area contributed by atoms with Crippen LogP contribution in [0.1, 0.15) is 92.5 Å². The Balaban J connectivity index is 1.32. The van der Waals surface area contributed by atoms with Crippen LogP contribution in [-0.2, 0) is 9.59 Å². The number of carbonyl (C=O) groups is 4. The number of amides is 2. The van der Waals surface area contributed by atoms with Crippen molar-refractivity contribution in [3.05, 3.63) is 83.9 Å². The second-order valence-corrected chi connectivity index (χ2v) is 11.8. The third-order valence-corrected chi connectivity index (χ3v) is 8.66. The van der Waals surface area contributed by atoms with Gasteiger partial charge < -0.3 is 15.6 Å². The van der Waals surface area contributed by atoms with Crippen molar-refractivity contribution < 1.29 is 19.2 Å². The molecule has 0 radical (unpaired) electrons. The molecule has 0 fully saturated rings. The van der Waals surface area contributed by atoms with Crippen molar-refractivity contribution in [1.82, 2.24) is 20.6 Å². The molecule has 1 aliphatic heterocycles. The first kappa shape index (κ1) is 33.2. The number of Topliss-reactive ketones (excluding diaryl/α,β-unsaturated/α-hetero) is 2. The number of hydrogen-bond donors (Lipinski definition) is 3. The SMILES string of the molecule is CCC(C)[C@H](NC(=O)c1ccc(C2=CN=CC2)cc1)C(=O)CCCC(=O)[C@@H](NC(=O)c1ccc(-c2cnc[nH]2)cc1)C(C)CC. The summed E-state index contributed by atoms with van der Waals surface area (Å²) in [7, 11) is 0. The lowest BCUT2D eigenvalue weighted by Crippen LogP contribution is -2.46. The van der Waals surface area contributed by atoms with Crippen LogP contribution in [0.15, 0.2) is 72.2 Å². The first-order valence-corrected chi connectivity index (χ1v) is 15.8. The summed E-state index contributed by atoms with van der Waals surface area (Å²) < 4.78 is 0. The smallest absolute Gasteiger partial charge is 0.251 e. The highest BCUT2D eigenvalue weighted by Crippen LogP contribution is 2.22. The quantitative estimate of drug-likeness (QED) is 0.178. The topological polar surface area (TPSA) is 133 Å². The molecule has 236 valence electrons. The van der Waals surface area contributed by atoms with Gasteiger partial charge in [0.25, 0.3) is 11.8 Å². The summed E-state index contributed by atoms with van der Waals surface area (Å²) in [6.07, 6.45) is 9.81. The van der Waals surface area contributed by atoms with Gasteiger partial charge in [-0.3, -0.25) is 24.2 Å². The Morgan fingerprint density at radius 3 is 1.71 bits per heavy atom. The van der Waals surface area contributed by atoms with Gasteiger partial charge in [0.1, 0.15) is 0 Å². The van der Waals surface area contributed by atoms with Crippen LogP contribution < -0.4 is 10.6 Å². The third-order valence-electron chi connectivity index (χ3n) is 8.66. The molecule has 4 rings (SSSR count). The van der Waals surface area contributed by atoms with Crippen LogP contribution in [0.3, 0.4) is 0 Å². The Morgan fingerprint density at radius 2 is 1.29 bits per heavy atom. The molecule has 3 N–H and O–H groups in total. The second kappa shape index (κ2) is 15.9. The van der Waals surface area contributed by atoms with Crippen molar-refractivity contribution in [2.75, 3.05) is 0 Å². The molecule has 0 spiro atoms. The largest absolute Gasteiger partial charge is 0.345 e. The van der Waals surface area contributed by atoms with Crippen LogP contribution in [0.5, 0.6) is 0 Å². The number of allylic oxidation sites excluding steroid dienone is 1. The fourth-order valence-electron chi connectivity index (χ4n) is 5.34. The molecule has 2 unspecified atom stereocenters. The van der Waals surface area contributed by atoms with E-state index in [0.29, 0.717) is 30.4 Å². The van der Waals surface area contributed by atoms with E-state index < -0.39 is 12.1 Å². The summed E-state index contributed by atoms with van der Waals surface area (Å²) in [5.41, 5.74) is 4.80. The summed E-state index contributed by atoms with van der Waals surface area (Å²) in [6.45, 7) is 7.85. The second-order valence-electron chi connectivity index (χ2n) is 11.8. The molecule has 9 nitrogen and oxygen atoms in total. The van der Waals surface area contributed by atoms with Crippen LogP contribution in [0.25, 0.3) is 16.8 Å². The highest BCUT2D eigenvalue weighted by Gasteiger charge is 2.29. The highest BCUT2D eigenvalue weighted by molar-refractivity contribution is 5.99. The zero-order chi connectivity index (χ0) is 32.3. The van der Waals surface area contributed by atoms with Gasteiger partial charge in [-0.2, -0.15) is 0 Å². The minimum Gasteiger partial charge on any atom is -0.345 e. The van der Waals surface area contributed by atoms with Crippen molar-refractivity contribution in [2.45, 2.75) is 78.3 Å². The van der Waals surface area contributed by atoms with Gasteiger partial charge in [-0.25, -0.2) is 4.98 Å². The maximum Gasteiger partial charge on any atom is 0.251 e. The lowest BCUT2D eigenvalue weighted by atomic mass is 9.90. The standard InChI is InChI=1S/C36H43N5O4/c1-5-23(3)33(40-35(44)27-14-10-25(11-15-27)29-18-19-37-20-29)31(42)8-7-9-32(43)34(24(4)6-2)41-36(45)28-16-12-26(13-17-28)30-21-38-22-39-30/h10-17,19-24,33-34H,5-9,18H2,1-4H3,(H,38,39)(H,40,44)(H,41,45)/t23?,24?,33-,34-/m0/s1. The highest BCUT2D eigenvalue weighted by atomic mass is 16.2. The summed E-state index contributed by atoms with van der Waals surface area (Å²) >= 11 is 0. The van der Waals surface area contributed by atoms with E-state index in [4.69, 9.17) is 0 Å². The number of aromatic nitrogens is 2. The molecule has 4 atom stereocenters. The average Bonchev–Trinajstić information content (AvgIpc) is 3.81. The molecule has 2 amide bonds. The van der Waals surface area contributed by atoms with E-state index in [2.05, 4.69) is 25.6 Å². The number of ketones is 2. The Morgan fingerprint density at radius 1 is 0.778 bits per heavy atom. The number of nitrogens with zero attached hydrogens (tertiary/aromatic N) is 2. The van der Waals surface area contributed by atoms with E-state index in [1.54, 1.807) is 36.8 Å². The minimum atomic E-state index is -0.663. The van der Waals surface area contributed by atoms with Crippen LogP contribution in [0, 0.1) is 11.8 Å². The van der Waals surface area contributed by atoms with Crippen molar-refractivity contribution in [3.8, 4) is 11.3 Å². The predicted molar refractivity (Wildman–Crippen MR) is 177 cm³/mol. The molecule has 0 bridgehead atoms. The van der Waals surface area contributed by atoms with Crippen LogP contribution >= 0.6 is 0 Å². The lowest BCUT2D eigenvalue weighted by molar-refractivity contribution is -0.123. The maximum atomic E-state index is 13.3. The summed E-state index contributed by atoms with van der Waals surface area (Å²) in [5, 5.41) is 5.87. The van der Waals surface area contributed by atoms with E-state index in [1.807, 2.05) is 64.4 Å². The molecule has 0 saturated heterocycles. The molecule has 2 aromatic carbocycles. The average molecular weight is 610 g/mol. The Kier molecular flexibility index (Phi) is 11.7. The number of H-pyrrole nitrogens is 1. The molecule has 0 saturated carbocycles. The van der Waals surface area contributed by atoms with Gasteiger partial charge >= 0.3 is 0 Å². The number of aliphatic imine (C=N–C) groups is 1. The van der Waals surface area contributed by atoms with E-state index in [9.17, 15) is 19.2 Å². The zero-order valence-corrected chi connectivity index (χ0v) is 26.5. The van der Waals surface area contributed by atoms with Crippen LogP contribution in [0.2, 0.25) is 0 Å². The van der Waals surface area contributed by atoms with Gasteiger partial charge in [-0.15, -0.1) is 0 Å². The third kappa shape index (κ3) is 8.71. The van der Waals surface area contributed by atoms with Gasteiger partial charge in [0.2, 0.25) is 0 Å². The Labute approximate surface area is 265 Å². The molecular weight excluding hydrogens is 566 g/mol. The normalized spacial score (nSPS) is 15.1. The summed E-state index contributed by atoms with van der Waals surface area (Å²) in [5.74, 6) is -0.961. The maximum absolute atomic E-state index is 13.3.